The van der Waals surface area contributed by atoms with Gasteiger partial charge in [-0.3, -0.25) is 0 Å². The normalized spacial score (nSPS) is 18.7. The summed E-state index contributed by atoms with van der Waals surface area (Å²) in [4.78, 5) is 11.8. The van der Waals surface area contributed by atoms with E-state index < -0.39 is 6.10 Å². The third-order valence-corrected chi connectivity index (χ3v) is 3.98. The van der Waals surface area contributed by atoms with Crippen LogP contribution in [0.1, 0.15) is 50.3 Å². The molecule has 1 aromatic rings. The largest absolute Gasteiger partial charge is 0.479 e. The molecular formula is C17H25NO3. The number of rotatable bonds is 6. The van der Waals surface area contributed by atoms with E-state index in [2.05, 4.69) is 17.4 Å². The highest BCUT2D eigenvalue weighted by Crippen LogP contribution is 2.32. The molecule has 2 rings (SSSR count). The molecule has 2 unspecified atom stereocenters. The Bertz CT molecular complexity index is 487. The van der Waals surface area contributed by atoms with Crippen LogP contribution in [0.25, 0.3) is 0 Å². The number of nitrogens with one attached hydrogen (secondary N) is 1. The van der Waals surface area contributed by atoms with Gasteiger partial charge in [0, 0.05) is 6.04 Å². The second-order valence-corrected chi connectivity index (χ2v) is 5.36. The van der Waals surface area contributed by atoms with Gasteiger partial charge in [0.25, 0.3) is 0 Å². The van der Waals surface area contributed by atoms with E-state index in [0.29, 0.717) is 19.1 Å². The Kier molecular flexibility index (Phi) is 5.62. The van der Waals surface area contributed by atoms with Gasteiger partial charge in [-0.05, 0) is 62.9 Å². The predicted octanol–water partition coefficient (Wildman–Crippen LogP) is 3.00. The van der Waals surface area contributed by atoms with Crippen molar-refractivity contribution in [1.29, 1.82) is 0 Å². The molecule has 0 saturated heterocycles. The molecule has 0 amide bonds. The van der Waals surface area contributed by atoms with Crippen molar-refractivity contribution in [2.75, 3.05) is 13.7 Å². The van der Waals surface area contributed by atoms with Crippen LogP contribution in [0.5, 0.6) is 5.75 Å². The molecule has 0 aromatic heterocycles. The van der Waals surface area contributed by atoms with Gasteiger partial charge < -0.3 is 14.8 Å². The summed E-state index contributed by atoms with van der Waals surface area (Å²) in [5.41, 5.74) is 2.66. The lowest BCUT2D eigenvalue weighted by molar-refractivity contribution is -0.151. The summed E-state index contributed by atoms with van der Waals surface area (Å²) < 4.78 is 10.9. The Morgan fingerprint density at radius 1 is 1.43 bits per heavy atom. The first-order valence-electron chi connectivity index (χ1n) is 7.83. The first kappa shape index (κ1) is 15.8. The van der Waals surface area contributed by atoms with Crippen molar-refractivity contribution < 1.29 is 14.3 Å². The maximum atomic E-state index is 11.8. The second-order valence-electron chi connectivity index (χ2n) is 5.36. The van der Waals surface area contributed by atoms with E-state index in [1.807, 2.05) is 20.0 Å². The molecule has 0 heterocycles. The lowest BCUT2D eigenvalue weighted by Crippen LogP contribution is -2.29. The Balaban J connectivity index is 2.12. The minimum atomic E-state index is -0.522. The number of ether oxygens (including phenoxy) is 2. The lowest BCUT2D eigenvalue weighted by atomic mass is 9.87. The van der Waals surface area contributed by atoms with E-state index in [4.69, 9.17) is 9.47 Å². The van der Waals surface area contributed by atoms with Gasteiger partial charge >= 0.3 is 5.97 Å². The SMILES string of the molecule is CCOC(=O)C(CC)Oc1ccc2c(c1)CCCC2NC. The Hall–Kier alpha value is -1.55. The summed E-state index contributed by atoms with van der Waals surface area (Å²) in [5.74, 6) is 0.469. The maximum absolute atomic E-state index is 11.8. The van der Waals surface area contributed by atoms with Crippen molar-refractivity contribution in [3.63, 3.8) is 0 Å². The number of benzene rings is 1. The molecule has 1 aliphatic carbocycles. The van der Waals surface area contributed by atoms with Gasteiger partial charge in [-0.1, -0.05) is 13.0 Å². The highest BCUT2D eigenvalue weighted by Gasteiger charge is 2.22. The standard InChI is InChI=1S/C17H25NO3/c1-4-16(17(19)20-5-2)21-13-9-10-14-12(11-13)7-6-8-15(14)18-3/h9-11,15-16,18H,4-8H2,1-3H3. The summed E-state index contributed by atoms with van der Waals surface area (Å²) in [7, 11) is 2.00. The van der Waals surface area contributed by atoms with Crippen LogP contribution in [0.4, 0.5) is 0 Å². The molecule has 0 radical (unpaired) electrons. The van der Waals surface area contributed by atoms with Gasteiger partial charge in [0.1, 0.15) is 5.75 Å². The Labute approximate surface area is 126 Å². The smallest absolute Gasteiger partial charge is 0.347 e. The number of fused-ring (bicyclic) bond motifs is 1. The van der Waals surface area contributed by atoms with Crippen LogP contribution in [0.15, 0.2) is 18.2 Å². The third-order valence-electron chi connectivity index (χ3n) is 3.98. The predicted molar refractivity (Wildman–Crippen MR) is 82.5 cm³/mol. The van der Waals surface area contributed by atoms with Crippen molar-refractivity contribution in [1.82, 2.24) is 5.32 Å². The molecule has 0 spiro atoms. The molecule has 1 N–H and O–H groups in total. The summed E-state index contributed by atoms with van der Waals surface area (Å²) in [6.45, 7) is 4.12. The zero-order chi connectivity index (χ0) is 15.2. The number of aryl methyl sites for hydroxylation is 1. The minimum absolute atomic E-state index is 0.286. The van der Waals surface area contributed by atoms with E-state index in [9.17, 15) is 4.79 Å². The first-order valence-corrected chi connectivity index (χ1v) is 7.83. The van der Waals surface area contributed by atoms with Crippen molar-refractivity contribution in [2.45, 2.75) is 51.7 Å². The zero-order valence-electron chi connectivity index (χ0n) is 13.1. The summed E-state index contributed by atoms with van der Waals surface area (Å²) >= 11 is 0. The van der Waals surface area contributed by atoms with Gasteiger partial charge in [0.15, 0.2) is 6.10 Å². The Morgan fingerprint density at radius 2 is 2.24 bits per heavy atom. The highest BCUT2D eigenvalue weighted by atomic mass is 16.6. The van der Waals surface area contributed by atoms with Crippen molar-refractivity contribution in [2.24, 2.45) is 0 Å². The van der Waals surface area contributed by atoms with Crippen LogP contribution < -0.4 is 10.1 Å². The molecule has 1 aromatic carbocycles. The minimum Gasteiger partial charge on any atom is -0.479 e. The van der Waals surface area contributed by atoms with Gasteiger partial charge in [0.2, 0.25) is 0 Å². The molecular weight excluding hydrogens is 266 g/mol. The fourth-order valence-corrected chi connectivity index (χ4v) is 2.86. The van der Waals surface area contributed by atoms with E-state index in [0.717, 1.165) is 12.2 Å². The molecule has 116 valence electrons. The number of hydrogen-bond acceptors (Lipinski definition) is 4. The second kappa shape index (κ2) is 7.46. The number of hydrogen-bond donors (Lipinski definition) is 1. The summed E-state index contributed by atoms with van der Waals surface area (Å²) in [5, 5.41) is 3.35. The fraction of sp³-hybridized carbons (Fsp3) is 0.588. The average Bonchev–Trinajstić information content (AvgIpc) is 2.51. The molecule has 0 aliphatic heterocycles. The van der Waals surface area contributed by atoms with Crippen molar-refractivity contribution in [3.8, 4) is 5.75 Å². The van der Waals surface area contributed by atoms with Gasteiger partial charge in [-0.2, -0.15) is 0 Å². The Morgan fingerprint density at radius 3 is 2.90 bits per heavy atom. The third kappa shape index (κ3) is 3.76. The molecule has 0 saturated carbocycles. The van der Waals surface area contributed by atoms with Gasteiger partial charge in [0.05, 0.1) is 6.61 Å². The molecule has 2 atom stereocenters. The van der Waals surface area contributed by atoms with Crippen LogP contribution >= 0.6 is 0 Å². The summed E-state index contributed by atoms with van der Waals surface area (Å²) in [6.07, 6.45) is 3.50. The van der Waals surface area contributed by atoms with Crippen molar-refractivity contribution >= 4 is 5.97 Å². The molecule has 4 heteroatoms. The zero-order valence-corrected chi connectivity index (χ0v) is 13.1. The first-order chi connectivity index (χ1) is 10.2. The average molecular weight is 291 g/mol. The van der Waals surface area contributed by atoms with Crippen LogP contribution in [-0.4, -0.2) is 25.7 Å². The van der Waals surface area contributed by atoms with Gasteiger partial charge in [-0.15, -0.1) is 0 Å². The topological polar surface area (TPSA) is 47.6 Å². The van der Waals surface area contributed by atoms with E-state index in [1.54, 1.807) is 6.92 Å². The number of carbonyl (C=O) groups is 1. The molecule has 4 nitrogen and oxygen atoms in total. The van der Waals surface area contributed by atoms with Crippen LogP contribution in [-0.2, 0) is 16.0 Å². The molecule has 1 aliphatic rings. The molecule has 21 heavy (non-hydrogen) atoms. The van der Waals surface area contributed by atoms with Crippen LogP contribution in [0.2, 0.25) is 0 Å². The molecule has 0 bridgehead atoms. The lowest BCUT2D eigenvalue weighted by Gasteiger charge is -2.26. The van der Waals surface area contributed by atoms with Gasteiger partial charge in [-0.25, -0.2) is 4.79 Å². The van der Waals surface area contributed by atoms with Crippen LogP contribution in [0.3, 0.4) is 0 Å². The molecule has 0 fully saturated rings. The number of carbonyl (C=O) groups excluding carboxylic acids is 1. The van der Waals surface area contributed by atoms with Crippen molar-refractivity contribution in [3.05, 3.63) is 29.3 Å². The van der Waals surface area contributed by atoms with E-state index in [1.165, 1.54) is 24.0 Å². The van der Waals surface area contributed by atoms with E-state index >= 15 is 0 Å². The maximum Gasteiger partial charge on any atom is 0.347 e. The van der Waals surface area contributed by atoms with E-state index in [-0.39, 0.29) is 5.97 Å². The quantitative estimate of drug-likeness (QED) is 0.819. The highest BCUT2D eigenvalue weighted by molar-refractivity contribution is 5.75. The van der Waals surface area contributed by atoms with Crippen LogP contribution in [0, 0.1) is 0 Å². The number of esters is 1. The monoisotopic (exact) mass is 291 g/mol. The fourth-order valence-electron chi connectivity index (χ4n) is 2.86. The summed E-state index contributed by atoms with van der Waals surface area (Å²) in [6, 6.07) is 6.56.